The van der Waals surface area contributed by atoms with Crippen molar-refractivity contribution in [3.05, 3.63) is 28.6 Å². The molecule has 3 heterocycles. The zero-order valence-corrected chi connectivity index (χ0v) is 8.72. The van der Waals surface area contributed by atoms with E-state index in [0.717, 1.165) is 19.4 Å². The molecule has 1 fully saturated rings. The Morgan fingerprint density at radius 1 is 1.62 bits per heavy atom. The summed E-state index contributed by atoms with van der Waals surface area (Å²) in [6.45, 7) is 0.806. The molecule has 84 valence electrons. The van der Waals surface area contributed by atoms with Crippen LogP contribution in [0.1, 0.15) is 18.7 Å². The van der Waals surface area contributed by atoms with Gasteiger partial charge in [-0.25, -0.2) is 19.3 Å². The van der Waals surface area contributed by atoms with E-state index in [4.69, 9.17) is 4.74 Å². The summed E-state index contributed by atoms with van der Waals surface area (Å²) in [5.41, 5.74) is 0.365. The van der Waals surface area contributed by atoms with Crippen LogP contribution in [0.15, 0.2) is 17.1 Å². The molecule has 6 heteroatoms. The van der Waals surface area contributed by atoms with Gasteiger partial charge in [-0.3, -0.25) is 0 Å². The molecule has 1 aliphatic rings. The molecular weight excluding hydrogens is 208 g/mol. The van der Waals surface area contributed by atoms with Crippen molar-refractivity contribution in [2.75, 3.05) is 6.61 Å². The lowest BCUT2D eigenvalue weighted by molar-refractivity contribution is 0.109. The van der Waals surface area contributed by atoms with Crippen molar-refractivity contribution < 1.29 is 4.74 Å². The average molecular weight is 220 g/mol. The fourth-order valence-corrected chi connectivity index (χ4v) is 2.07. The fraction of sp³-hybridized carbons (Fsp3) is 0.500. The lowest BCUT2D eigenvalue weighted by Crippen LogP contribution is -2.19. The monoisotopic (exact) mass is 220 g/mol. The van der Waals surface area contributed by atoms with Crippen LogP contribution in [0.5, 0.6) is 0 Å². The highest BCUT2D eigenvalue weighted by atomic mass is 16.5. The number of nitrogens with one attached hydrogen (secondary N) is 1. The highest BCUT2D eigenvalue weighted by Gasteiger charge is 2.18. The van der Waals surface area contributed by atoms with Gasteiger partial charge in [0.25, 0.3) is 0 Å². The normalized spacial score (nSPS) is 20.6. The Balaban J connectivity index is 2.01. The first-order chi connectivity index (χ1) is 7.84. The van der Waals surface area contributed by atoms with Crippen LogP contribution in [0, 0.1) is 0 Å². The van der Waals surface area contributed by atoms with Gasteiger partial charge in [-0.1, -0.05) is 0 Å². The van der Waals surface area contributed by atoms with E-state index >= 15 is 0 Å². The second-order valence-corrected chi connectivity index (χ2v) is 3.92. The third-order valence-corrected chi connectivity index (χ3v) is 2.84. The lowest BCUT2D eigenvalue weighted by Gasteiger charge is -2.08. The van der Waals surface area contributed by atoms with Gasteiger partial charge in [0, 0.05) is 25.3 Å². The predicted molar refractivity (Wildman–Crippen MR) is 56.3 cm³/mol. The molecule has 0 bridgehead atoms. The molecule has 0 aliphatic carbocycles. The summed E-state index contributed by atoms with van der Waals surface area (Å²) in [6, 6.07) is 1.71. The minimum absolute atomic E-state index is 0.180. The van der Waals surface area contributed by atoms with Gasteiger partial charge in [0.1, 0.15) is 5.82 Å². The van der Waals surface area contributed by atoms with Crippen molar-refractivity contribution >= 4 is 5.65 Å². The molecule has 1 N–H and O–H groups in total. The molecule has 1 atom stereocenters. The summed E-state index contributed by atoms with van der Waals surface area (Å²) in [6.07, 6.45) is 4.63. The fourth-order valence-electron chi connectivity index (χ4n) is 2.07. The molecule has 0 amide bonds. The molecule has 3 rings (SSSR count). The van der Waals surface area contributed by atoms with Crippen LogP contribution in [-0.2, 0) is 11.2 Å². The number of hydrogen-bond acceptors (Lipinski definition) is 4. The van der Waals surface area contributed by atoms with Crippen molar-refractivity contribution in [2.45, 2.75) is 25.4 Å². The van der Waals surface area contributed by atoms with Gasteiger partial charge in [0.15, 0.2) is 5.65 Å². The Kier molecular flexibility index (Phi) is 2.21. The number of rotatable bonds is 2. The van der Waals surface area contributed by atoms with E-state index in [2.05, 4.69) is 15.2 Å². The molecule has 2 aromatic heterocycles. The molecule has 0 unspecified atom stereocenters. The average Bonchev–Trinajstić information content (AvgIpc) is 2.90. The molecule has 6 nitrogen and oxygen atoms in total. The van der Waals surface area contributed by atoms with Crippen LogP contribution >= 0.6 is 0 Å². The second-order valence-electron chi connectivity index (χ2n) is 3.92. The Bertz CT molecular complexity index is 553. The standard InChI is InChI=1S/C10H12N4O2/c15-10-13-12-8-3-4-11-9(14(8)10)6-7-2-1-5-16-7/h3-4,7H,1-2,5-6H2,(H,13,15)/t7-/m1/s1. The maximum absolute atomic E-state index is 11.5. The highest BCUT2D eigenvalue weighted by Crippen LogP contribution is 2.15. The zero-order chi connectivity index (χ0) is 11.0. The Morgan fingerprint density at radius 3 is 3.38 bits per heavy atom. The molecular formula is C10H12N4O2. The molecule has 16 heavy (non-hydrogen) atoms. The summed E-state index contributed by atoms with van der Waals surface area (Å²) in [5.74, 6) is 0.711. The minimum atomic E-state index is -0.240. The van der Waals surface area contributed by atoms with Crippen LogP contribution in [0.4, 0.5) is 0 Å². The summed E-state index contributed by atoms with van der Waals surface area (Å²) < 4.78 is 7.04. The number of nitrogens with zero attached hydrogens (tertiary/aromatic N) is 3. The van der Waals surface area contributed by atoms with Crippen LogP contribution in [0.25, 0.3) is 5.65 Å². The van der Waals surface area contributed by atoms with Crippen LogP contribution < -0.4 is 5.69 Å². The van der Waals surface area contributed by atoms with Gasteiger partial charge in [-0.05, 0) is 12.8 Å². The van der Waals surface area contributed by atoms with E-state index < -0.39 is 0 Å². The second kappa shape index (κ2) is 3.71. The molecule has 2 aromatic rings. The SMILES string of the molecule is O=c1[nH]nc2ccnc(C[C@H]3CCCO3)n12. The van der Waals surface area contributed by atoms with Crippen LogP contribution in [-0.4, -0.2) is 32.3 Å². The molecule has 0 spiro atoms. The highest BCUT2D eigenvalue weighted by molar-refractivity contribution is 5.35. The molecule has 0 aromatic carbocycles. The minimum Gasteiger partial charge on any atom is -0.378 e. The zero-order valence-electron chi connectivity index (χ0n) is 8.72. The van der Waals surface area contributed by atoms with Crippen molar-refractivity contribution in [2.24, 2.45) is 0 Å². The third kappa shape index (κ3) is 1.51. The topological polar surface area (TPSA) is 72.3 Å². The van der Waals surface area contributed by atoms with E-state index in [-0.39, 0.29) is 11.8 Å². The van der Waals surface area contributed by atoms with Crippen molar-refractivity contribution in [3.63, 3.8) is 0 Å². The van der Waals surface area contributed by atoms with Gasteiger partial charge in [-0.2, -0.15) is 5.10 Å². The Morgan fingerprint density at radius 2 is 2.56 bits per heavy atom. The van der Waals surface area contributed by atoms with Gasteiger partial charge in [-0.15, -0.1) is 0 Å². The number of H-pyrrole nitrogens is 1. The summed E-state index contributed by atoms with van der Waals surface area (Å²) in [5, 5.41) is 6.32. The van der Waals surface area contributed by atoms with E-state index in [1.165, 1.54) is 4.40 Å². The number of hydrogen-bond donors (Lipinski definition) is 1. The van der Waals surface area contributed by atoms with E-state index in [1.807, 2.05) is 0 Å². The number of aromatic amines is 1. The molecule has 1 aliphatic heterocycles. The largest absolute Gasteiger partial charge is 0.378 e. The molecule has 0 saturated carbocycles. The van der Waals surface area contributed by atoms with Gasteiger partial charge < -0.3 is 4.74 Å². The van der Waals surface area contributed by atoms with E-state index in [9.17, 15) is 4.79 Å². The Hall–Kier alpha value is -1.69. The van der Waals surface area contributed by atoms with Gasteiger partial charge in [0.2, 0.25) is 0 Å². The van der Waals surface area contributed by atoms with E-state index in [0.29, 0.717) is 17.9 Å². The summed E-state index contributed by atoms with van der Waals surface area (Å²) >= 11 is 0. The van der Waals surface area contributed by atoms with Crippen molar-refractivity contribution in [3.8, 4) is 0 Å². The third-order valence-electron chi connectivity index (χ3n) is 2.84. The quantitative estimate of drug-likeness (QED) is 0.781. The maximum atomic E-state index is 11.5. The summed E-state index contributed by atoms with van der Waals surface area (Å²) in [7, 11) is 0. The molecule has 0 radical (unpaired) electrons. The first kappa shape index (κ1) is 9.53. The Labute approximate surface area is 91.3 Å². The smallest absolute Gasteiger partial charge is 0.349 e. The first-order valence-corrected chi connectivity index (χ1v) is 5.37. The van der Waals surface area contributed by atoms with Crippen molar-refractivity contribution in [1.82, 2.24) is 19.6 Å². The van der Waals surface area contributed by atoms with Crippen LogP contribution in [0.2, 0.25) is 0 Å². The van der Waals surface area contributed by atoms with Crippen LogP contribution in [0.3, 0.4) is 0 Å². The van der Waals surface area contributed by atoms with Gasteiger partial charge >= 0.3 is 5.69 Å². The number of fused-ring (bicyclic) bond motifs is 1. The van der Waals surface area contributed by atoms with Gasteiger partial charge in [0.05, 0.1) is 6.10 Å². The number of aromatic nitrogens is 4. The first-order valence-electron chi connectivity index (χ1n) is 5.37. The molecule has 1 saturated heterocycles. The van der Waals surface area contributed by atoms with E-state index in [1.54, 1.807) is 12.3 Å². The number of ether oxygens (including phenoxy) is 1. The van der Waals surface area contributed by atoms with Crippen molar-refractivity contribution in [1.29, 1.82) is 0 Å². The lowest BCUT2D eigenvalue weighted by atomic mass is 10.2. The summed E-state index contributed by atoms with van der Waals surface area (Å²) in [4.78, 5) is 15.8. The maximum Gasteiger partial charge on any atom is 0.349 e. The predicted octanol–water partition coefficient (Wildman–Crippen LogP) is 0.139.